The molecule has 126 valence electrons. The van der Waals surface area contributed by atoms with Gasteiger partial charge in [0.25, 0.3) is 0 Å². The molecule has 24 heavy (non-hydrogen) atoms. The van der Waals surface area contributed by atoms with Crippen molar-refractivity contribution in [1.82, 2.24) is 14.9 Å². The third kappa shape index (κ3) is 3.44. The van der Waals surface area contributed by atoms with Gasteiger partial charge in [-0.05, 0) is 56.5 Å². The molecular formula is C20H26N4. The molecule has 1 aromatic heterocycles. The Morgan fingerprint density at radius 3 is 2.58 bits per heavy atom. The van der Waals surface area contributed by atoms with E-state index in [9.17, 15) is 0 Å². The molecule has 2 aromatic rings. The Morgan fingerprint density at radius 1 is 1.04 bits per heavy atom. The van der Waals surface area contributed by atoms with Gasteiger partial charge in [0, 0.05) is 49.7 Å². The van der Waals surface area contributed by atoms with E-state index < -0.39 is 0 Å². The van der Waals surface area contributed by atoms with Crippen molar-refractivity contribution >= 4 is 5.69 Å². The van der Waals surface area contributed by atoms with Crippen LogP contribution in [0, 0.1) is 6.92 Å². The highest BCUT2D eigenvalue weighted by Gasteiger charge is 2.26. The van der Waals surface area contributed by atoms with Gasteiger partial charge in [-0.2, -0.15) is 0 Å². The average Bonchev–Trinajstić information content (AvgIpc) is 3.27. The molecule has 4 heteroatoms. The molecule has 0 saturated carbocycles. The van der Waals surface area contributed by atoms with E-state index in [0.29, 0.717) is 5.92 Å². The number of nitrogens with zero attached hydrogens (tertiary/aromatic N) is 4. The molecule has 1 atom stereocenters. The predicted molar refractivity (Wildman–Crippen MR) is 97.3 cm³/mol. The molecule has 2 fully saturated rings. The van der Waals surface area contributed by atoms with Crippen LogP contribution in [-0.4, -0.2) is 41.0 Å². The average molecular weight is 322 g/mol. The van der Waals surface area contributed by atoms with Gasteiger partial charge < -0.3 is 4.90 Å². The summed E-state index contributed by atoms with van der Waals surface area (Å²) in [5.41, 5.74) is 3.85. The monoisotopic (exact) mass is 322 g/mol. The molecular weight excluding hydrogens is 296 g/mol. The number of aromatic nitrogens is 2. The first kappa shape index (κ1) is 15.6. The van der Waals surface area contributed by atoms with E-state index in [0.717, 1.165) is 37.6 Å². The molecule has 0 N–H and O–H groups in total. The van der Waals surface area contributed by atoms with Crippen molar-refractivity contribution < 1.29 is 0 Å². The maximum Gasteiger partial charge on any atom is 0.132 e. The minimum Gasteiger partial charge on any atom is -0.372 e. The Bertz CT molecular complexity index is 676. The summed E-state index contributed by atoms with van der Waals surface area (Å²) in [4.78, 5) is 14.1. The van der Waals surface area contributed by atoms with Crippen LogP contribution >= 0.6 is 0 Å². The molecule has 2 aliphatic heterocycles. The highest BCUT2D eigenvalue weighted by molar-refractivity contribution is 5.48. The van der Waals surface area contributed by atoms with Gasteiger partial charge in [-0.1, -0.05) is 12.1 Å². The number of hydrogen-bond donors (Lipinski definition) is 0. The molecule has 0 amide bonds. The fourth-order valence-electron chi connectivity index (χ4n) is 3.90. The first-order valence-corrected chi connectivity index (χ1v) is 9.14. The van der Waals surface area contributed by atoms with Gasteiger partial charge >= 0.3 is 0 Å². The van der Waals surface area contributed by atoms with Crippen LogP contribution in [0.3, 0.4) is 0 Å². The van der Waals surface area contributed by atoms with Crippen LogP contribution in [0.4, 0.5) is 5.69 Å². The van der Waals surface area contributed by atoms with Crippen LogP contribution in [0.25, 0.3) is 0 Å². The van der Waals surface area contributed by atoms with E-state index in [4.69, 9.17) is 0 Å². The first-order chi connectivity index (χ1) is 11.8. The Kier molecular flexibility index (Phi) is 4.48. The smallest absolute Gasteiger partial charge is 0.132 e. The third-order valence-corrected chi connectivity index (χ3v) is 5.26. The first-order valence-electron chi connectivity index (χ1n) is 9.14. The molecule has 0 aliphatic carbocycles. The van der Waals surface area contributed by atoms with Crippen molar-refractivity contribution in [2.24, 2.45) is 0 Å². The standard InChI is InChI=1S/C20H26N4/c1-16-8-10-21-20(22-16)18-9-13-23(15-18)14-17-4-6-19(7-5-17)24-11-2-3-12-24/h4-8,10,18H,2-3,9,11-15H2,1H3/t18-/m1/s1. The molecule has 3 heterocycles. The van der Waals surface area contributed by atoms with Gasteiger partial charge in [0.2, 0.25) is 0 Å². The molecule has 2 aliphatic rings. The van der Waals surface area contributed by atoms with Gasteiger partial charge in [-0.3, -0.25) is 4.90 Å². The summed E-state index contributed by atoms with van der Waals surface area (Å²) in [6.45, 7) is 7.70. The van der Waals surface area contributed by atoms with E-state index >= 15 is 0 Å². The quantitative estimate of drug-likeness (QED) is 0.864. The topological polar surface area (TPSA) is 32.3 Å². The van der Waals surface area contributed by atoms with Crippen LogP contribution in [0.5, 0.6) is 0 Å². The molecule has 0 unspecified atom stereocenters. The van der Waals surface area contributed by atoms with Crippen molar-refractivity contribution in [3.05, 3.63) is 53.6 Å². The van der Waals surface area contributed by atoms with Crippen molar-refractivity contribution in [3.8, 4) is 0 Å². The van der Waals surface area contributed by atoms with Crippen molar-refractivity contribution in [2.75, 3.05) is 31.1 Å². The normalized spacial score (nSPS) is 21.5. The lowest BCUT2D eigenvalue weighted by Gasteiger charge is -2.19. The molecule has 2 saturated heterocycles. The lowest BCUT2D eigenvalue weighted by atomic mass is 10.1. The van der Waals surface area contributed by atoms with Crippen molar-refractivity contribution in [2.45, 2.75) is 38.6 Å². The molecule has 0 spiro atoms. The second-order valence-electron chi connectivity index (χ2n) is 7.14. The number of rotatable bonds is 4. The molecule has 0 bridgehead atoms. The largest absolute Gasteiger partial charge is 0.372 e. The number of hydrogen-bond acceptors (Lipinski definition) is 4. The predicted octanol–water partition coefficient (Wildman–Crippen LogP) is 3.37. The van der Waals surface area contributed by atoms with E-state index in [1.54, 1.807) is 0 Å². The second kappa shape index (κ2) is 6.89. The van der Waals surface area contributed by atoms with Crippen LogP contribution in [-0.2, 0) is 6.54 Å². The summed E-state index contributed by atoms with van der Waals surface area (Å²) < 4.78 is 0. The molecule has 4 nitrogen and oxygen atoms in total. The van der Waals surface area contributed by atoms with Crippen LogP contribution in [0.2, 0.25) is 0 Å². The summed E-state index contributed by atoms with van der Waals surface area (Å²) in [7, 11) is 0. The van der Waals surface area contributed by atoms with E-state index in [-0.39, 0.29) is 0 Å². The fraction of sp³-hybridized carbons (Fsp3) is 0.500. The Hall–Kier alpha value is -1.94. The zero-order chi connectivity index (χ0) is 16.4. The summed E-state index contributed by atoms with van der Waals surface area (Å²) in [6, 6.07) is 11.1. The SMILES string of the molecule is Cc1ccnc([C@@H]2CCN(Cc3ccc(N4CCCC4)cc3)C2)n1. The summed E-state index contributed by atoms with van der Waals surface area (Å²) >= 11 is 0. The highest BCUT2D eigenvalue weighted by Crippen LogP contribution is 2.26. The summed E-state index contributed by atoms with van der Waals surface area (Å²) in [5.74, 6) is 1.50. The van der Waals surface area contributed by atoms with Gasteiger partial charge in [-0.15, -0.1) is 0 Å². The zero-order valence-corrected chi connectivity index (χ0v) is 14.5. The molecule has 4 rings (SSSR count). The summed E-state index contributed by atoms with van der Waals surface area (Å²) in [5, 5.41) is 0. The fourth-order valence-corrected chi connectivity index (χ4v) is 3.90. The maximum atomic E-state index is 4.61. The minimum atomic E-state index is 0.480. The van der Waals surface area contributed by atoms with Crippen LogP contribution < -0.4 is 4.90 Å². The molecule has 1 aromatic carbocycles. The number of aryl methyl sites for hydroxylation is 1. The highest BCUT2D eigenvalue weighted by atomic mass is 15.2. The second-order valence-corrected chi connectivity index (χ2v) is 7.14. The lowest BCUT2D eigenvalue weighted by Crippen LogP contribution is -2.20. The van der Waals surface area contributed by atoms with Gasteiger partial charge in [0.15, 0.2) is 0 Å². The van der Waals surface area contributed by atoms with Crippen LogP contribution in [0.1, 0.15) is 42.3 Å². The summed E-state index contributed by atoms with van der Waals surface area (Å²) in [6.07, 6.45) is 5.71. The Labute approximate surface area is 144 Å². The lowest BCUT2D eigenvalue weighted by molar-refractivity contribution is 0.325. The minimum absolute atomic E-state index is 0.480. The van der Waals surface area contributed by atoms with E-state index in [2.05, 4.69) is 44.0 Å². The van der Waals surface area contributed by atoms with Crippen molar-refractivity contribution in [1.29, 1.82) is 0 Å². The van der Waals surface area contributed by atoms with E-state index in [1.165, 1.54) is 37.2 Å². The Balaban J connectivity index is 1.36. The van der Waals surface area contributed by atoms with Crippen LogP contribution in [0.15, 0.2) is 36.5 Å². The number of benzene rings is 1. The van der Waals surface area contributed by atoms with Gasteiger partial charge in [0.1, 0.15) is 5.82 Å². The van der Waals surface area contributed by atoms with Gasteiger partial charge in [-0.25, -0.2) is 9.97 Å². The van der Waals surface area contributed by atoms with Gasteiger partial charge in [0.05, 0.1) is 0 Å². The number of anilines is 1. The third-order valence-electron chi connectivity index (χ3n) is 5.26. The molecule has 0 radical (unpaired) electrons. The number of likely N-dealkylation sites (tertiary alicyclic amines) is 1. The zero-order valence-electron chi connectivity index (χ0n) is 14.5. The maximum absolute atomic E-state index is 4.61. The van der Waals surface area contributed by atoms with E-state index in [1.807, 2.05) is 19.2 Å². The Morgan fingerprint density at radius 2 is 1.83 bits per heavy atom. The van der Waals surface area contributed by atoms with Crippen molar-refractivity contribution in [3.63, 3.8) is 0 Å².